The van der Waals surface area contributed by atoms with E-state index in [1.807, 2.05) is 30.3 Å². The fourth-order valence-corrected chi connectivity index (χ4v) is 6.12. The Morgan fingerprint density at radius 1 is 1.24 bits per heavy atom. The molecule has 0 saturated heterocycles. The smallest absolute Gasteiger partial charge is 0.341 e. The molecule has 2 heterocycles. The van der Waals surface area contributed by atoms with E-state index in [4.69, 9.17) is 16.3 Å². The number of halogens is 1. The molecule has 1 atom stereocenters. The number of nitrogens with one attached hydrogen (secondary N) is 1. The standard InChI is InChI=1S/C25H26ClN3O3S2/c1-3-15-5-10-18-20(13-15)34-23(22(18)24(31)32-4-2)29-21(30)14-33-25-27-12-11-19(28-25)16-6-8-17(26)9-7-16/h6-9,11-12,15H,3-5,10,13-14H2,1-2H3,(H,29,30)/t15-/m0/s1. The first-order chi connectivity index (χ1) is 16.5. The summed E-state index contributed by atoms with van der Waals surface area (Å²) in [5.74, 6) is 0.177. The number of rotatable bonds is 8. The Balaban J connectivity index is 1.46. The lowest BCUT2D eigenvalue weighted by atomic mass is 9.85. The van der Waals surface area contributed by atoms with Crippen LogP contribution in [0.5, 0.6) is 0 Å². The average molecular weight is 516 g/mol. The molecule has 34 heavy (non-hydrogen) atoms. The number of ether oxygens (including phenoxy) is 1. The van der Waals surface area contributed by atoms with E-state index in [-0.39, 0.29) is 17.6 Å². The van der Waals surface area contributed by atoms with E-state index >= 15 is 0 Å². The molecule has 0 spiro atoms. The van der Waals surface area contributed by atoms with Crippen LogP contribution in [0.2, 0.25) is 5.02 Å². The number of thiophene rings is 1. The molecule has 0 bridgehead atoms. The van der Waals surface area contributed by atoms with Gasteiger partial charge in [-0.25, -0.2) is 14.8 Å². The number of benzene rings is 1. The summed E-state index contributed by atoms with van der Waals surface area (Å²) in [6.07, 6.45) is 5.62. The highest BCUT2D eigenvalue weighted by Crippen LogP contribution is 2.41. The third kappa shape index (κ3) is 5.79. The number of nitrogens with zero attached hydrogens (tertiary/aromatic N) is 2. The van der Waals surface area contributed by atoms with Gasteiger partial charge in [-0.3, -0.25) is 4.79 Å². The topological polar surface area (TPSA) is 81.2 Å². The van der Waals surface area contributed by atoms with Gasteiger partial charge in [-0.05, 0) is 55.9 Å². The van der Waals surface area contributed by atoms with Crippen LogP contribution in [0, 0.1) is 5.92 Å². The average Bonchev–Trinajstić information content (AvgIpc) is 3.20. The maximum Gasteiger partial charge on any atom is 0.341 e. The van der Waals surface area contributed by atoms with Crippen molar-refractivity contribution in [3.63, 3.8) is 0 Å². The van der Waals surface area contributed by atoms with Crippen LogP contribution < -0.4 is 5.32 Å². The molecule has 6 nitrogen and oxygen atoms in total. The van der Waals surface area contributed by atoms with E-state index in [1.54, 1.807) is 13.1 Å². The predicted molar refractivity (Wildman–Crippen MR) is 138 cm³/mol. The van der Waals surface area contributed by atoms with Crippen molar-refractivity contribution in [3.8, 4) is 11.3 Å². The molecule has 1 aliphatic carbocycles. The van der Waals surface area contributed by atoms with Crippen molar-refractivity contribution in [2.24, 2.45) is 5.92 Å². The molecule has 0 unspecified atom stereocenters. The number of fused-ring (bicyclic) bond motifs is 1. The van der Waals surface area contributed by atoms with E-state index in [9.17, 15) is 9.59 Å². The number of hydrogen-bond acceptors (Lipinski definition) is 7. The van der Waals surface area contributed by atoms with Gasteiger partial charge in [0.05, 0.1) is 23.6 Å². The highest BCUT2D eigenvalue weighted by Gasteiger charge is 2.29. The minimum absolute atomic E-state index is 0.131. The number of hydrogen-bond donors (Lipinski definition) is 1. The molecule has 1 N–H and O–H groups in total. The molecule has 0 aliphatic heterocycles. The Kier molecular flexibility index (Phi) is 8.24. The monoisotopic (exact) mass is 515 g/mol. The second-order valence-corrected chi connectivity index (χ2v) is 10.5. The molecule has 4 rings (SSSR count). The summed E-state index contributed by atoms with van der Waals surface area (Å²) in [5.41, 5.74) is 3.24. The van der Waals surface area contributed by atoms with Crippen LogP contribution >= 0.6 is 34.7 Å². The largest absolute Gasteiger partial charge is 0.462 e. The first-order valence-corrected chi connectivity index (χ1v) is 13.5. The lowest BCUT2D eigenvalue weighted by Gasteiger charge is -2.20. The molecule has 1 amide bonds. The van der Waals surface area contributed by atoms with Crippen molar-refractivity contribution in [2.45, 2.75) is 44.7 Å². The quantitative estimate of drug-likeness (QED) is 0.216. The van der Waals surface area contributed by atoms with Gasteiger partial charge in [0.15, 0.2) is 5.16 Å². The van der Waals surface area contributed by atoms with Crippen LogP contribution in [0.3, 0.4) is 0 Å². The third-order valence-corrected chi connectivity index (χ3v) is 8.07. The minimum atomic E-state index is -0.364. The number of thioether (sulfide) groups is 1. The molecule has 1 aliphatic rings. The number of amides is 1. The van der Waals surface area contributed by atoms with E-state index < -0.39 is 0 Å². The molecule has 0 radical (unpaired) electrons. The van der Waals surface area contributed by atoms with Gasteiger partial charge in [0, 0.05) is 21.7 Å². The van der Waals surface area contributed by atoms with Crippen LogP contribution in [-0.4, -0.2) is 34.2 Å². The van der Waals surface area contributed by atoms with Gasteiger partial charge >= 0.3 is 5.97 Å². The Hall–Kier alpha value is -2.42. The summed E-state index contributed by atoms with van der Waals surface area (Å²) < 4.78 is 5.30. The normalized spacial score (nSPS) is 15.0. The Bertz CT molecular complexity index is 1180. The molecule has 2 aromatic heterocycles. The lowest BCUT2D eigenvalue weighted by molar-refractivity contribution is -0.113. The van der Waals surface area contributed by atoms with Gasteiger partial charge in [-0.1, -0.05) is 48.8 Å². The SMILES string of the molecule is CCOC(=O)c1c(NC(=O)CSc2nccc(-c3ccc(Cl)cc3)n2)sc2c1CC[C@H](CC)C2. The van der Waals surface area contributed by atoms with Gasteiger partial charge in [-0.2, -0.15) is 0 Å². The molecular formula is C25H26ClN3O3S2. The molecule has 178 valence electrons. The number of anilines is 1. The second kappa shape index (κ2) is 11.3. The lowest BCUT2D eigenvalue weighted by Crippen LogP contribution is -2.18. The van der Waals surface area contributed by atoms with Crippen LogP contribution in [0.1, 0.15) is 47.5 Å². The molecular weight excluding hydrogens is 490 g/mol. The van der Waals surface area contributed by atoms with Crippen LogP contribution in [0.25, 0.3) is 11.3 Å². The van der Waals surface area contributed by atoms with Crippen molar-refractivity contribution in [3.05, 3.63) is 57.6 Å². The summed E-state index contributed by atoms with van der Waals surface area (Å²) in [4.78, 5) is 35.5. The van der Waals surface area contributed by atoms with Crippen LogP contribution in [0.15, 0.2) is 41.7 Å². The van der Waals surface area contributed by atoms with Gasteiger partial charge in [0.1, 0.15) is 5.00 Å². The summed E-state index contributed by atoms with van der Waals surface area (Å²) in [6.45, 7) is 4.28. The van der Waals surface area contributed by atoms with Crippen molar-refractivity contribution >= 4 is 51.6 Å². The molecule has 0 fully saturated rings. The zero-order valence-electron chi connectivity index (χ0n) is 19.1. The molecule has 1 aromatic carbocycles. The Morgan fingerprint density at radius 3 is 2.76 bits per heavy atom. The molecule has 9 heteroatoms. The zero-order valence-corrected chi connectivity index (χ0v) is 21.5. The van der Waals surface area contributed by atoms with Crippen LogP contribution in [-0.2, 0) is 22.4 Å². The highest BCUT2D eigenvalue weighted by atomic mass is 35.5. The first-order valence-electron chi connectivity index (χ1n) is 11.3. The number of esters is 1. The molecule has 3 aromatic rings. The maximum atomic E-state index is 12.8. The van der Waals surface area contributed by atoms with E-state index in [0.29, 0.717) is 33.3 Å². The summed E-state index contributed by atoms with van der Waals surface area (Å²) in [5, 5.41) is 4.70. The van der Waals surface area contributed by atoms with Gasteiger partial charge < -0.3 is 10.1 Å². The van der Waals surface area contributed by atoms with Gasteiger partial charge in [0.25, 0.3) is 0 Å². The number of aromatic nitrogens is 2. The van der Waals surface area contributed by atoms with Crippen LogP contribution in [0.4, 0.5) is 5.00 Å². The maximum absolute atomic E-state index is 12.8. The highest BCUT2D eigenvalue weighted by molar-refractivity contribution is 7.99. The Labute approximate surface area is 212 Å². The molecule has 0 saturated carbocycles. The van der Waals surface area contributed by atoms with Gasteiger partial charge in [-0.15, -0.1) is 11.3 Å². The minimum Gasteiger partial charge on any atom is -0.462 e. The fraction of sp³-hybridized carbons (Fsp3) is 0.360. The number of carbonyl (C=O) groups is 2. The summed E-state index contributed by atoms with van der Waals surface area (Å²) >= 11 is 8.72. The van der Waals surface area contributed by atoms with E-state index in [0.717, 1.165) is 42.5 Å². The van der Waals surface area contributed by atoms with Gasteiger partial charge in [0.2, 0.25) is 5.91 Å². The van der Waals surface area contributed by atoms with Crippen molar-refractivity contribution in [1.82, 2.24) is 9.97 Å². The second-order valence-electron chi connectivity index (χ2n) is 8.01. The van der Waals surface area contributed by atoms with Crippen molar-refractivity contribution in [2.75, 3.05) is 17.7 Å². The predicted octanol–water partition coefficient (Wildman–Crippen LogP) is 6.28. The fourth-order valence-electron chi connectivity index (χ4n) is 3.99. The summed E-state index contributed by atoms with van der Waals surface area (Å²) in [7, 11) is 0. The summed E-state index contributed by atoms with van der Waals surface area (Å²) in [6, 6.07) is 9.22. The van der Waals surface area contributed by atoms with E-state index in [1.165, 1.54) is 28.0 Å². The zero-order chi connectivity index (χ0) is 24.1. The Morgan fingerprint density at radius 2 is 2.03 bits per heavy atom. The van der Waals surface area contributed by atoms with Crippen molar-refractivity contribution < 1.29 is 14.3 Å². The third-order valence-electron chi connectivity index (χ3n) is 5.78. The van der Waals surface area contributed by atoms with E-state index in [2.05, 4.69) is 22.2 Å². The van der Waals surface area contributed by atoms with Crippen molar-refractivity contribution in [1.29, 1.82) is 0 Å². The first kappa shape index (κ1) is 24.7. The number of carbonyl (C=O) groups excluding carboxylic acids is 2.